The van der Waals surface area contributed by atoms with Gasteiger partial charge in [-0.1, -0.05) is 32.1 Å². The molecule has 2 saturated heterocycles. The van der Waals surface area contributed by atoms with Crippen molar-refractivity contribution in [2.45, 2.75) is 70.4 Å². The van der Waals surface area contributed by atoms with Crippen LogP contribution in [-0.4, -0.2) is 29.8 Å². The van der Waals surface area contributed by atoms with E-state index < -0.39 is 0 Å². The second-order valence-corrected chi connectivity index (χ2v) is 6.90. The molecule has 3 aliphatic rings. The highest BCUT2D eigenvalue weighted by molar-refractivity contribution is 5.79. The Balaban J connectivity index is 1.81. The van der Waals surface area contributed by atoms with Crippen molar-refractivity contribution in [3.8, 4) is 0 Å². The number of nitrogens with zero attached hydrogens (tertiary/aromatic N) is 1. The van der Waals surface area contributed by atoms with Crippen molar-refractivity contribution in [2.24, 2.45) is 17.8 Å². The summed E-state index contributed by atoms with van der Waals surface area (Å²) in [5, 5.41) is 0. The van der Waals surface area contributed by atoms with E-state index in [1.165, 1.54) is 51.4 Å². The van der Waals surface area contributed by atoms with Crippen molar-refractivity contribution in [1.82, 2.24) is 4.90 Å². The number of carbonyl (C=O) groups is 1. The number of ketones is 1. The molecule has 0 radical (unpaired) electrons. The molecule has 0 amide bonds. The van der Waals surface area contributed by atoms with Crippen molar-refractivity contribution >= 4 is 5.78 Å². The van der Waals surface area contributed by atoms with Gasteiger partial charge in [-0.3, -0.25) is 9.69 Å². The molecule has 0 aromatic rings. The van der Waals surface area contributed by atoms with Gasteiger partial charge < -0.3 is 0 Å². The SMILES string of the molecule is CC(=O)[C@H]1[C@@H](C2CCCCC2)C[C@@H]2CC[C@H]1N2C. The molecular weight excluding hydrogens is 222 g/mol. The maximum absolute atomic E-state index is 12.2. The Kier molecular flexibility index (Phi) is 3.48. The van der Waals surface area contributed by atoms with Crippen LogP contribution >= 0.6 is 0 Å². The van der Waals surface area contributed by atoms with Crippen LogP contribution in [0.5, 0.6) is 0 Å². The lowest BCUT2D eigenvalue weighted by Gasteiger charge is -2.46. The van der Waals surface area contributed by atoms with E-state index in [4.69, 9.17) is 0 Å². The van der Waals surface area contributed by atoms with E-state index in [-0.39, 0.29) is 0 Å². The van der Waals surface area contributed by atoms with E-state index in [2.05, 4.69) is 11.9 Å². The molecule has 1 saturated carbocycles. The minimum absolute atomic E-state index is 0.344. The molecule has 0 spiro atoms. The molecule has 4 atom stereocenters. The second-order valence-electron chi connectivity index (χ2n) is 6.90. The summed E-state index contributed by atoms with van der Waals surface area (Å²) >= 11 is 0. The highest BCUT2D eigenvalue weighted by atomic mass is 16.1. The number of Topliss-reactive ketones (excluding diaryl/α,β-unsaturated/α-hetero) is 1. The molecule has 3 rings (SSSR count). The van der Waals surface area contributed by atoms with Gasteiger partial charge in [-0.25, -0.2) is 0 Å². The van der Waals surface area contributed by atoms with Gasteiger partial charge in [0.25, 0.3) is 0 Å². The Morgan fingerprint density at radius 3 is 2.44 bits per heavy atom. The molecule has 18 heavy (non-hydrogen) atoms. The van der Waals surface area contributed by atoms with Crippen LogP contribution in [0.1, 0.15) is 58.3 Å². The number of piperidine rings is 1. The van der Waals surface area contributed by atoms with Crippen LogP contribution in [0.3, 0.4) is 0 Å². The predicted octanol–water partition coefficient (Wildman–Crippen LogP) is 3.25. The molecule has 1 aliphatic carbocycles. The predicted molar refractivity (Wildman–Crippen MR) is 73.4 cm³/mol. The average molecular weight is 249 g/mol. The fourth-order valence-electron chi connectivity index (χ4n) is 5.12. The number of rotatable bonds is 2. The van der Waals surface area contributed by atoms with Gasteiger partial charge in [0.1, 0.15) is 5.78 Å². The zero-order valence-electron chi connectivity index (χ0n) is 11.9. The second kappa shape index (κ2) is 4.96. The fourth-order valence-corrected chi connectivity index (χ4v) is 5.12. The van der Waals surface area contributed by atoms with Crippen molar-refractivity contribution in [2.75, 3.05) is 7.05 Å². The summed E-state index contributed by atoms with van der Waals surface area (Å²) in [4.78, 5) is 14.7. The number of carbonyl (C=O) groups excluding carboxylic acids is 1. The monoisotopic (exact) mass is 249 g/mol. The molecule has 0 N–H and O–H groups in total. The first-order chi connectivity index (χ1) is 8.68. The summed E-state index contributed by atoms with van der Waals surface area (Å²) in [5.74, 6) is 2.36. The van der Waals surface area contributed by atoms with Gasteiger partial charge in [0.15, 0.2) is 0 Å². The van der Waals surface area contributed by atoms with E-state index in [1.54, 1.807) is 0 Å². The highest BCUT2D eigenvalue weighted by Gasteiger charge is 2.49. The summed E-state index contributed by atoms with van der Waals surface area (Å²) < 4.78 is 0. The minimum Gasteiger partial charge on any atom is -0.300 e. The lowest BCUT2D eigenvalue weighted by Crippen LogP contribution is -2.51. The van der Waals surface area contributed by atoms with Crippen LogP contribution in [0.4, 0.5) is 0 Å². The number of fused-ring (bicyclic) bond motifs is 2. The molecule has 3 fully saturated rings. The summed E-state index contributed by atoms with van der Waals surface area (Å²) in [6.45, 7) is 1.84. The zero-order valence-corrected chi connectivity index (χ0v) is 11.9. The maximum atomic E-state index is 12.2. The molecule has 2 bridgehead atoms. The topological polar surface area (TPSA) is 20.3 Å². The van der Waals surface area contributed by atoms with Crippen LogP contribution in [0, 0.1) is 17.8 Å². The third kappa shape index (κ3) is 2.03. The van der Waals surface area contributed by atoms with E-state index in [1.807, 2.05) is 6.92 Å². The molecule has 2 aliphatic heterocycles. The van der Waals surface area contributed by atoms with E-state index >= 15 is 0 Å². The first kappa shape index (κ1) is 12.7. The average Bonchev–Trinajstić information content (AvgIpc) is 2.63. The molecule has 0 aromatic heterocycles. The minimum atomic E-state index is 0.344. The van der Waals surface area contributed by atoms with Gasteiger partial charge in [0.05, 0.1) is 0 Å². The van der Waals surface area contributed by atoms with Crippen molar-refractivity contribution < 1.29 is 4.79 Å². The summed E-state index contributed by atoms with van der Waals surface area (Å²) in [6.07, 6.45) is 10.9. The fraction of sp³-hybridized carbons (Fsp3) is 0.938. The molecule has 0 aromatic carbocycles. The van der Waals surface area contributed by atoms with E-state index in [0.717, 1.165) is 12.0 Å². The summed E-state index contributed by atoms with van der Waals surface area (Å²) in [5.41, 5.74) is 0. The number of hydrogen-bond acceptors (Lipinski definition) is 2. The highest BCUT2D eigenvalue weighted by Crippen LogP contribution is 2.47. The van der Waals surface area contributed by atoms with Crippen LogP contribution in [0.25, 0.3) is 0 Å². The number of hydrogen-bond donors (Lipinski definition) is 0. The van der Waals surface area contributed by atoms with Gasteiger partial charge in [0, 0.05) is 18.0 Å². The van der Waals surface area contributed by atoms with Crippen LogP contribution in [0.15, 0.2) is 0 Å². The van der Waals surface area contributed by atoms with E-state index in [9.17, 15) is 4.79 Å². The first-order valence-electron chi connectivity index (χ1n) is 7.91. The van der Waals surface area contributed by atoms with Gasteiger partial charge in [0.2, 0.25) is 0 Å². The molecular formula is C16H27NO. The largest absolute Gasteiger partial charge is 0.300 e. The third-order valence-corrected chi connectivity index (χ3v) is 6.04. The van der Waals surface area contributed by atoms with Crippen molar-refractivity contribution in [3.05, 3.63) is 0 Å². The first-order valence-corrected chi connectivity index (χ1v) is 7.91. The zero-order chi connectivity index (χ0) is 12.7. The Labute approximate surface area is 111 Å². The molecule has 0 unspecified atom stereocenters. The molecule has 2 heterocycles. The summed E-state index contributed by atoms with van der Waals surface area (Å²) in [7, 11) is 2.25. The van der Waals surface area contributed by atoms with Gasteiger partial charge in [-0.2, -0.15) is 0 Å². The van der Waals surface area contributed by atoms with Gasteiger partial charge >= 0.3 is 0 Å². The Bertz CT molecular complexity index is 321. The van der Waals surface area contributed by atoms with Crippen molar-refractivity contribution in [3.63, 3.8) is 0 Å². The van der Waals surface area contributed by atoms with Gasteiger partial charge in [-0.05, 0) is 45.1 Å². The Hall–Kier alpha value is -0.370. The van der Waals surface area contributed by atoms with Crippen LogP contribution in [-0.2, 0) is 4.79 Å². The molecule has 2 heteroatoms. The lowest BCUT2D eigenvalue weighted by molar-refractivity contribution is -0.128. The van der Waals surface area contributed by atoms with Crippen LogP contribution in [0.2, 0.25) is 0 Å². The Morgan fingerprint density at radius 1 is 1.06 bits per heavy atom. The third-order valence-electron chi connectivity index (χ3n) is 6.04. The normalized spacial score (nSPS) is 42.1. The summed E-state index contributed by atoms with van der Waals surface area (Å²) in [6, 6.07) is 1.34. The van der Waals surface area contributed by atoms with E-state index in [0.29, 0.717) is 23.7 Å². The van der Waals surface area contributed by atoms with Crippen molar-refractivity contribution in [1.29, 1.82) is 0 Å². The standard InChI is InChI=1S/C16H27NO/c1-11(18)16-14(12-6-4-3-5-7-12)10-13-8-9-15(16)17(13)2/h12-16H,3-10H2,1-2H3/t13-,14+,15+,16-/m0/s1. The Morgan fingerprint density at radius 2 is 1.78 bits per heavy atom. The molecule has 2 nitrogen and oxygen atoms in total. The van der Waals surface area contributed by atoms with Gasteiger partial charge in [-0.15, -0.1) is 0 Å². The smallest absolute Gasteiger partial charge is 0.134 e. The quantitative estimate of drug-likeness (QED) is 0.748. The lowest BCUT2D eigenvalue weighted by atomic mass is 9.67. The molecule has 102 valence electrons. The van der Waals surface area contributed by atoms with Crippen LogP contribution < -0.4 is 0 Å². The maximum Gasteiger partial charge on any atom is 0.134 e.